The second-order valence-corrected chi connectivity index (χ2v) is 7.17. The molecule has 0 radical (unpaired) electrons. The van der Waals surface area contributed by atoms with E-state index >= 15 is 0 Å². The van der Waals surface area contributed by atoms with Gasteiger partial charge in [0.15, 0.2) is 12.8 Å². The van der Waals surface area contributed by atoms with Crippen LogP contribution in [0.25, 0.3) is 0 Å². The fourth-order valence-corrected chi connectivity index (χ4v) is 2.75. The first-order valence-corrected chi connectivity index (χ1v) is 8.38. The molecule has 0 aliphatic heterocycles. The van der Waals surface area contributed by atoms with Crippen LogP contribution in [-0.2, 0) is 14.8 Å². The predicted octanol–water partition coefficient (Wildman–Crippen LogP) is 0.588. The summed E-state index contributed by atoms with van der Waals surface area (Å²) in [5, 5.41) is 13.9. The maximum atomic E-state index is 12.1. The molecule has 0 saturated carbocycles. The maximum Gasteiger partial charge on any atom is 0.379 e. The molecule has 0 spiro atoms. The second kappa shape index (κ2) is 7.28. The Kier molecular flexibility index (Phi) is 5.37. The SMILES string of the molecule is CN(C)S(=O)(=O)c1cccc(NC(=O)COc2cccc[n+]2[O-])c1. The Labute approximate surface area is 139 Å². The van der Waals surface area contributed by atoms with Gasteiger partial charge in [-0.25, -0.2) is 12.7 Å². The number of benzene rings is 1. The highest BCUT2D eigenvalue weighted by molar-refractivity contribution is 7.89. The van der Waals surface area contributed by atoms with Gasteiger partial charge >= 0.3 is 5.88 Å². The summed E-state index contributed by atoms with van der Waals surface area (Å²) in [6.45, 7) is -0.378. The van der Waals surface area contributed by atoms with Crippen molar-refractivity contribution in [3.63, 3.8) is 0 Å². The van der Waals surface area contributed by atoms with Crippen LogP contribution in [0.2, 0.25) is 0 Å². The number of carbonyl (C=O) groups excluding carboxylic acids is 1. The average Bonchev–Trinajstić information content (AvgIpc) is 2.54. The number of hydrogen-bond acceptors (Lipinski definition) is 5. The van der Waals surface area contributed by atoms with Gasteiger partial charge in [0, 0.05) is 25.8 Å². The van der Waals surface area contributed by atoms with Gasteiger partial charge in [-0.15, -0.1) is 4.73 Å². The summed E-state index contributed by atoms with van der Waals surface area (Å²) in [5.74, 6) is -0.519. The van der Waals surface area contributed by atoms with Gasteiger partial charge in [-0.3, -0.25) is 4.79 Å². The largest absolute Gasteiger partial charge is 0.616 e. The number of pyridine rings is 1. The molecule has 128 valence electrons. The van der Waals surface area contributed by atoms with Crippen molar-refractivity contribution in [3.05, 3.63) is 53.9 Å². The van der Waals surface area contributed by atoms with E-state index in [0.717, 1.165) is 4.31 Å². The number of amides is 1. The Balaban J connectivity index is 2.04. The third kappa shape index (κ3) is 4.21. The second-order valence-electron chi connectivity index (χ2n) is 5.02. The molecule has 0 fully saturated rings. The summed E-state index contributed by atoms with van der Waals surface area (Å²) in [7, 11) is -0.744. The molecule has 24 heavy (non-hydrogen) atoms. The number of sulfonamides is 1. The minimum Gasteiger partial charge on any atom is -0.616 e. The fraction of sp³-hybridized carbons (Fsp3) is 0.200. The van der Waals surface area contributed by atoms with E-state index in [9.17, 15) is 18.4 Å². The lowest BCUT2D eigenvalue weighted by Gasteiger charge is -2.12. The van der Waals surface area contributed by atoms with Crippen molar-refractivity contribution in [3.8, 4) is 5.88 Å². The summed E-state index contributed by atoms with van der Waals surface area (Å²) >= 11 is 0. The molecule has 1 aromatic carbocycles. The number of hydrogen-bond donors (Lipinski definition) is 1. The Morgan fingerprint density at radius 3 is 2.67 bits per heavy atom. The van der Waals surface area contributed by atoms with E-state index in [1.54, 1.807) is 12.1 Å². The number of ether oxygens (including phenoxy) is 1. The van der Waals surface area contributed by atoms with Gasteiger partial charge in [-0.2, -0.15) is 0 Å². The lowest BCUT2D eigenvalue weighted by Crippen LogP contribution is -2.30. The predicted molar refractivity (Wildman–Crippen MR) is 86.8 cm³/mol. The van der Waals surface area contributed by atoms with E-state index in [2.05, 4.69) is 5.32 Å². The Hall–Kier alpha value is -2.65. The van der Waals surface area contributed by atoms with E-state index in [1.807, 2.05) is 0 Å². The molecular weight excluding hydrogens is 334 g/mol. The Morgan fingerprint density at radius 1 is 1.25 bits per heavy atom. The number of nitrogens with one attached hydrogen (secondary N) is 1. The van der Waals surface area contributed by atoms with Crippen molar-refractivity contribution >= 4 is 21.6 Å². The van der Waals surface area contributed by atoms with E-state index in [0.29, 0.717) is 10.4 Å². The van der Waals surface area contributed by atoms with E-state index < -0.39 is 15.9 Å². The van der Waals surface area contributed by atoms with Crippen molar-refractivity contribution in [2.75, 3.05) is 26.0 Å². The molecule has 0 aliphatic rings. The minimum absolute atomic E-state index is 0.00316. The molecule has 1 heterocycles. The molecule has 0 atom stereocenters. The molecule has 0 aliphatic carbocycles. The maximum absolute atomic E-state index is 12.1. The quantitative estimate of drug-likeness (QED) is 0.606. The molecule has 9 heteroatoms. The molecule has 0 bridgehead atoms. The minimum atomic E-state index is -3.59. The van der Waals surface area contributed by atoms with E-state index in [4.69, 9.17) is 4.74 Å². The number of aromatic nitrogens is 1. The van der Waals surface area contributed by atoms with Crippen LogP contribution in [-0.4, -0.2) is 39.3 Å². The molecule has 1 aromatic heterocycles. The zero-order chi connectivity index (χ0) is 17.7. The number of anilines is 1. The van der Waals surface area contributed by atoms with Gasteiger partial charge in [-0.05, 0) is 24.3 Å². The smallest absolute Gasteiger partial charge is 0.379 e. The Morgan fingerprint density at radius 2 is 2.00 bits per heavy atom. The highest BCUT2D eigenvalue weighted by Crippen LogP contribution is 2.17. The van der Waals surface area contributed by atoms with Crippen molar-refractivity contribution in [2.24, 2.45) is 0 Å². The molecule has 0 saturated heterocycles. The summed E-state index contributed by atoms with van der Waals surface area (Å²) in [6, 6.07) is 10.5. The highest BCUT2D eigenvalue weighted by atomic mass is 32.2. The highest BCUT2D eigenvalue weighted by Gasteiger charge is 2.17. The lowest BCUT2D eigenvalue weighted by molar-refractivity contribution is -0.612. The van der Waals surface area contributed by atoms with Crippen LogP contribution < -0.4 is 14.8 Å². The standard InChI is InChI=1S/C15H17N3O5S/c1-17(2)24(21,22)13-7-5-6-12(10-13)16-14(19)11-23-15-8-3-4-9-18(15)20/h3-10H,11H2,1-2H3,(H,16,19). The van der Waals surface area contributed by atoms with Crippen molar-refractivity contribution in [1.82, 2.24) is 4.31 Å². The van der Waals surface area contributed by atoms with Gasteiger partial charge in [-0.1, -0.05) is 6.07 Å². The first kappa shape index (κ1) is 17.7. The molecular formula is C15H17N3O5S. The fourth-order valence-electron chi connectivity index (χ4n) is 1.81. The van der Waals surface area contributed by atoms with Gasteiger partial charge in [0.05, 0.1) is 11.0 Å². The Bertz CT molecular complexity index is 837. The van der Waals surface area contributed by atoms with Gasteiger partial charge < -0.3 is 15.3 Å². The number of carbonyl (C=O) groups is 1. The van der Waals surface area contributed by atoms with Crippen LogP contribution >= 0.6 is 0 Å². The zero-order valence-electron chi connectivity index (χ0n) is 13.2. The normalized spacial score (nSPS) is 11.3. The topological polar surface area (TPSA) is 103 Å². The molecule has 8 nitrogen and oxygen atoms in total. The number of nitrogens with zero attached hydrogens (tertiary/aromatic N) is 2. The van der Waals surface area contributed by atoms with Gasteiger partial charge in [0.2, 0.25) is 10.0 Å². The third-order valence-electron chi connectivity index (χ3n) is 3.04. The number of rotatable bonds is 6. The first-order chi connectivity index (χ1) is 11.3. The van der Waals surface area contributed by atoms with Gasteiger partial charge in [0.25, 0.3) is 5.91 Å². The van der Waals surface area contributed by atoms with Crippen molar-refractivity contribution in [1.29, 1.82) is 0 Å². The molecule has 2 aromatic rings. The van der Waals surface area contributed by atoms with Crippen LogP contribution in [0.1, 0.15) is 0 Å². The molecule has 1 N–H and O–H groups in total. The zero-order valence-corrected chi connectivity index (χ0v) is 14.0. The lowest BCUT2D eigenvalue weighted by atomic mass is 10.3. The third-order valence-corrected chi connectivity index (χ3v) is 4.85. The average molecular weight is 351 g/mol. The van der Waals surface area contributed by atoms with Crippen LogP contribution in [0.5, 0.6) is 5.88 Å². The van der Waals surface area contributed by atoms with Crippen molar-refractivity contribution in [2.45, 2.75) is 4.90 Å². The molecule has 1 amide bonds. The summed E-state index contributed by atoms with van der Waals surface area (Å²) in [4.78, 5) is 11.9. The summed E-state index contributed by atoms with van der Waals surface area (Å²) in [6.07, 6.45) is 1.25. The van der Waals surface area contributed by atoms with Crippen LogP contribution in [0, 0.1) is 5.21 Å². The van der Waals surface area contributed by atoms with Crippen LogP contribution in [0.3, 0.4) is 0 Å². The van der Waals surface area contributed by atoms with Gasteiger partial charge in [0.1, 0.15) is 0 Å². The summed E-state index contributed by atoms with van der Waals surface area (Å²) < 4.78 is 30.8. The van der Waals surface area contributed by atoms with Crippen LogP contribution in [0.15, 0.2) is 53.6 Å². The molecule has 0 unspecified atom stereocenters. The monoisotopic (exact) mass is 351 g/mol. The first-order valence-electron chi connectivity index (χ1n) is 6.94. The van der Waals surface area contributed by atoms with E-state index in [1.165, 1.54) is 50.6 Å². The van der Waals surface area contributed by atoms with Crippen molar-refractivity contribution < 1.29 is 22.7 Å². The van der Waals surface area contributed by atoms with E-state index in [-0.39, 0.29) is 17.4 Å². The molecule has 2 rings (SSSR count). The summed E-state index contributed by atoms with van der Waals surface area (Å²) in [5.41, 5.74) is 0.314. The van der Waals surface area contributed by atoms with Crippen LogP contribution in [0.4, 0.5) is 5.69 Å².